The molecule has 0 amide bonds. The molecule has 0 aromatic heterocycles. The highest BCUT2D eigenvalue weighted by atomic mass is 16.5. The van der Waals surface area contributed by atoms with Crippen LogP contribution in [-0.2, 0) is 11.3 Å². The van der Waals surface area contributed by atoms with Gasteiger partial charge in [-0.1, -0.05) is 36.4 Å². The first kappa shape index (κ1) is 22.8. The number of anilines is 1. The first-order valence-corrected chi connectivity index (χ1v) is 11.1. The molecule has 1 saturated heterocycles. The van der Waals surface area contributed by atoms with Crippen LogP contribution < -0.4 is 15.3 Å². The van der Waals surface area contributed by atoms with E-state index in [0.29, 0.717) is 23.7 Å². The maximum atomic E-state index is 9.55. The molecular formula is C26H34N2O3. The van der Waals surface area contributed by atoms with Crippen LogP contribution in [0.1, 0.15) is 31.7 Å². The normalized spacial score (nSPS) is 15.6. The number of aliphatic hydroxyl groups is 2. The van der Waals surface area contributed by atoms with E-state index in [2.05, 4.69) is 34.9 Å². The number of hydrogen-bond acceptors (Lipinski definition) is 5. The van der Waals surface area contributed by atoms with Crippen LogP contribution in [0, 0.1) is 0 Å². The van der Waals surface area contributed by atoms with E-state index in [0.717, 1.165) is 50.8 Å². The molecule has 0 spiro atoms. The molecule has 0 bridgehead atoms. The van der Waals surface area contributed by atoms with Crippen LogP contribution in [0.25, 0.3) is 12.5 Å². The maximum Gasteiger partial charge on any atom is 0.0872 e. The summed E-state index contributed by atoms with van der Waals surface area (Å²) in [4.78, 5) is 4.71. The van der Waals surface area contributed by atoms with Crippen LogP contribution in [0.5, 0.6) is 0 Å². The zero-order valence-electron chi connectivity index (χ0n) is 18.4. The third-order valence-electron chi connectivity index (χ3n) is 5.74. The molecule has 1 heterocycles. The number of allylic oxidation sites excluding steroid dienone is 1. The molecule has 2 aromatic carbocycles. The van der Waals surface area contributed by atoms with Gasteiger partial charge in [0.05, 0.1) is 19.1 Å². The predicted octanol–water partition coefficient (Wildman–Crippen LogP) is 3.69. The molecule has 5 heteroatoms. The SMILES string of the molecule is CC=C(COCCCN(Cc1ccccc1)c1ccc(=CO)c(=CO)c1)N1CCCC1. The lowest BCUT2D eigenvalue weighted by Gasteiger charge is -2.26. The molecule has 0 unspecified atom stereocenters. The zero-order valence-corrected chi connectivity index (χ0v) is 18.4. The number of aliphatic hydroxyl groups excluding tert-OH is 2. The molecule has 166 valence electrons. The molecular weight excluding hydrogens is 388 g/mol. The summed E-state index contributed by atoms with van der Waals surface area (Å²) in [6.45, 7) is 7.32. The van der Waals surface area contributed by atoms with Crippen molar-refractivity contribution in [3.8, 4) is 0 Å². The monoisotopic (exact) mass is 422 g/mol. The molecule has 5 nitrogen and oxygen atoms in total. The maximum absolute atomic E-state index is 9.55. The van der Waals surface area contributed by atoms with Gasteiger partial charge in [-0.25, -0.2) is 0 Å². The fraction of sp³-hybridized carbons (Fsp3) is 0.385. The van der Waals surface area contributed by atoms with Crippen molar-refractivity contribution in [2.45, 2.75) is 32.7 Å². The Hall–Kier alpha value is -2.92. The quantitative estimate of drug-likeness (QED) is 0.572. The minimum atomic E-state index is 0.593. The summed E-state index contributed by atoms with van der Waals surface area (Å²) in [5.41, 5.74) is 3.51. The van der Waals surface area contributed by atoms with Crippen molar-refractivity contribution in [1.82, 2.24) is 4.90 Å². The average Bonchev–Trinajstić information content (AvgIpc) is 3.35. The first-order valence-electron chi connectivity index (χ1n) is 11.1. The van der Waals surface area contributed by atoms with E-state index in [9.17, 15) is 10.2 Å². The molecule has 31 heavy (non-hydrogen) atoms. The van der Waals surface area contributed by atoms with E-state index in [1.165, 1.54) is 24.1 Å². The summed E-state index contributed by atoms with van der Waals surface area (Å²) in [6.07, 6.45) is 7.65. The first-order chi connectivity index (χ1) is 15.2. The van der Waals surface area contributed by atoms with Crippen molar-refractivity contribution in [2.75, 3.05) is 37.7 Å². The minimum absolute atomic E-state index is 0.593. The second-order valence-electron chi connectivity index (χ2n) is 7.86. The average molecular weight is 423 g/mol. The van der Waals surface area contributed by atoms with Gasteiger partial charge in [0.1, 0.15) is 0 Å². The van der Waals surface area contributed by atoms with Crippen molar-refractivity contribution in [1.29, 1.82) is 0 Å². The molecule has 3 rings (SSSR count). The Labute approximate surface area is 185 Å². The lowest BCUT2D eigenvalue weighted by atomic mass is 10.1. The van der Waals surface area contributed by atoms with Gasteiger partial charge in [-0.05, 0) is 49.9 Å². The van der Waals surface area contributed by atoms with E-state index >= 15 is 0 Å². The van der Waals surface area contributed by atoms with Gasteiger partial charge < -0.3 is 24.7 Å². The van der Waals surface area contributed by atoms with Gasteiger partial charge in [0.2, 0.25) is 0 Å². The number of nitrogens with zero attached hydrogens (tertiary/aromatic N) is 2. The number of ether oxygens (including phenoxy) is 1. The summed E-state index contributed by atoms with van der Waals surface area (Å²) in [5.74, 6) is 0. The number of likely N-dealkylation sites (tertiary alicyclic amines) is 1. The second kappa shape index (κ2) is 12.1. The van der Waals surface area contributed by atoms with Crippen molar-refractivity contribution in [3.63, 3.8) is 0 Å². The van der Waals surface area contributed by atoms with Gasteiger partial charge in [0.25, 0.3) is 0 Å². The number of rotatable bonds is 10. The van der Waals surface area contributed by atoms with Gasteiger partial charge in [-0.15, -0.1) is 0 Å². The Kier molecular flexibility index (Phi) is 8.85. The molecule has 2 aromatic rings. The minimum Gasteiger partial charge on any atom is -0.515 e. The van der Waals surface area contributed by atoms with Crippen molar-refractivity contribution < 1.29 is 14.9 Å². The van der Waals surface area contributed by atoms with Crippen LogP contribution in [-0.4, -0.2) is 48.0 Å². The van der Waals surface area contributed by atoms with Crippen molar-refractivity contribution >= 4 is 18.2 Å². The van der Waals surface area contributed by atoms with E-state index in [-0.39, 0.29) is 0 Å². The highest BCUT2D eigenvalue weighted by molar-refractivity contribution is 5.49. The van der Waals surface area contributed by atoms with Gasteiger partial charge in [-0.3, -0.25) is 0 Å². The molecule has 0 aliphatic carbocycles. The van der Waals surface area contributed by atoms with Crippen LogP contribution in [0.2, 0.25) is 0 Å². The highest BCUT2D eigenvalue weighted by Gasteiger charge is 2.14. The summed E-state index contributed by atoms with van der Waals surface area (Å²) >= 11 is 0. The zero-order chi connectivity index (χ0) is 21.9. The Bertz CT molecular complexity index is 950. The lowest BCUT2D eigenvalue weighted by Crippen LogP contribution is -2.30. The molecule has 1 aliphatic rings. The lowest BCUT2D eigenvalue weighted by molar-refractivity contribution is 0.136. The Morgan fingerprint density at radius 3 is 2.45 bits per heavy atom. The fourth-order valence-corrected chi connectivity index (χ4v) is 3.99. The van der Waals surface area contributed by atoms with E-state index in [4.69, 9.17) is 4.74 Å². The molecule has 1 aliphatic heterocycles. The largest absolute Gasteiger partial charge is 0.515 e. The summed E-state index contributed by atoms with van der Waals surface area (Å²) in [6, 6.07) is 16.0. The Morgan fingerprint density at radius 2 is 1.77 bits per heavy atom. The number of benzene rings is 2. The highest BCUT2D eigenvalue weighted by Crippen LogP contribution is 2.17. The smallest absolute Gasteiger partial charge is 0.0872 e. The van der Waals surface area contributed by atoms with E-state index in [1.54, 1.807) is 0 Å². The van der Waals surface area contributed by atoms with Crippen LogP contribution in [0.15, 0.2) is 60.3 Å². The van der Waals surface area contributed by atoms with Crippen molar-refractivity contribution in [2.24, 2.45) is 0 Å². The molecule has 1 fully saturated rings. The van der Waals surface area contributed by atoms with E-state index in [1.807, 2.05) is 36.4 Å². The summed E-state index contributed by atoms with van der Waals surface area (Å²) in [5, 5.41) is 20.1. The van der Waals surface area contributed by atoms with Crippen LogP contribution in [0.3, 0.4) is 0 Å². The van der Waals surface area contributed by atoms with Crippen LogP contribution >= 0.6 is 0 Å². The number of hydrogen-bond donors (Lipinski definition) is 2. The van der Waals surface area contributed by atoms with Crippen molar-refractivity contribution in [3.05, 3.63) is 76.3 Å². The third-order valence-corrected chi connectivity index (χ3v) is 5.74. The van der Waals surface area contributed by atoms with E-state index < -0.39 is 0 Å². The molecule has 0 radical (unpaired) electrons. The Morgan fingerprint density at radius 1 is 1.03 bits per heavy atom. The predicted molar refractivity (Wildman–Crippen MR) is 127 cm³/mol. The molecule has 0 saturated carbocycles. The molecule has 2 N–H and O–H groups in total. The second-order valence-corrected chi connectivity index (χ2v) is 7.86. The van der Waals surface area contributed by atoms with Gasteiger partial charge in [0.15, 0.2) is 0 Å². The Balaban J connectivity index is 1.62. The van der Waals surface area contributed by atoms with Gasteiger partial charge in [0, 0.05) is 54.6 Å². The standard InChI is InChI=1S/C26H34N2O3/c1-2-25(27-13-6-7-14-27)21-31-16-8-15-28(18-22-9-4-3-5-10-22)26-12-11-23(19-29)24(17-26)20-30/h2-5,9-12,17,19-20,29-30H,6-8,13-16,18,21H2,1H3. The summed E-state index contributed by atoms with van der Waals surface area (Å²) < 4.78 is 6.00. The molecule has 0 atom stereocenters. The third kappa shape index (κ3) is 6.53. The summed E-state index contributed by atoms with van der Waals surface area (Å²) in [7, 11) is 0. The van der Waals surface area contributed by atoms with Gasteiger partial charge >= 0.3 is 0 Å². The van der Waals surface area contributed by atoms with Gasteiger partial charge in [-0.2, -0.15) is 0 Å². The van der Waals surface area contributed by atoms with Crippen LogP contribution in [0.4, 0.5) is 5.69 Å². The fourth-order valence-electron chi connectivity index (χ4n) is 3.99. The topological polar surface area (TPSA) is 56.2 Å².